The summed E-state index contributed by atoms with van der Waals surface area (Å²) in [6.07, 6.45) is 0.615. The van der Waals surface area contributed by atoms with Gasteiger partial charge in [-0.2, -0.15) is 0 Å². The van der Waals surface area contributed by atoms with Crippen LogP contribution in [0.1, 0.15) is 30.1 Å². The van der Waals surface area contributed by atoms with E-state index in [1.54, 1.807) is 6.92 Å². The first kappa shape index (κ1) is 14.9. The van der Waals surface area contributed by atoms with Gasteiger partial charge in [0.05, 0.1) is 12.2 Å². The highest BCUT2D eigenvalue weighted by Crippen LogP contribution is 2.17. The molecule has 0 saturated heterocycles. The Morgan fingerprint density at radius 3 is 2.84 bits per heavy atom. The molecule has 1 amide bonds. The van der Waals surface area contributed by atoms with Gasteiger partial charge in [0.2, 0.25) is 0 Å². The van der Waals surface area contributed by atoms with Gasteiger partial charge in [0.25, 0.3) is 5.91 Å². The number of aromatic hydroxyl groups is 1. The maximum absolute atomic E-state index is 12.9. The Bertz CT molecular complexity index is 462. The fraction of sp³-hybridized carbons (Fsp3) is 0.385. The topological polar surface area (TPSA) is 75.6 Å². The number of hydrogen-bond acceptors (Lipinski definition) is 4. The molecule has 2 N–H and O–H groups in total. The van der Waals surface area contributed by atoms with Gasteiger partial charge in [0.15, 0.2) is 0 Å². The van der Waals surface area contributed by atoms with Gasteiger partial charge in [0.1, 0.15) is 11.6 Å². The predicted octanol–water partition coefficient (Wildman–Crippen LogP) is 1.60. The van der Waals surface area contributed by atoms with E-state index in [1.165, 1.54) is 0 Å². The molecule has 0 aliphatic heterocycles. The summed E-state index contributed by atoms with van der Waals surface area (Å²) in [6, 6.07) is 3.13. The quantitative estimate of drug-likeness (QED) is 0.607. The van der Waals surface area contributed by atoms with Crippen molar-refractivity contribution in [2.45, 2.75) is 19.8 Å². The zero-order valence-corrected chi connectivity index (χ0v) is 10.6. The summed E-state index contributed by atoms with van der Waals surface area (Å²) < 4.78 is 17.7. The lowest BCUT2D eigenvalue weighted by atomic mass is 10.2. The molecule has 1 aromatic rings. The minimum Gasteiger partial charge on any atom is -0.507 e. The van der Waals surface area contributed by atoms with Crippen molar-refractivity contribution in [1.82, 2.24) is 5.32 Å². The van der Waals surface area contributed by atoms with E-state index in [9.17, 15) is 19.1 Å². The smallest absolute Gasteiger partial charge is 0.305 e. The van der Waals surface area contributed by atoms with Crippen LogP contribution in [-0.4, -0.2) is 30.1 Å². The number of phenols is 1. The Kier molecular flexibility index (Phi) is 5.78. The lowest BCUT2D eigenvalue weighted by molar-refractivity contribution is -0.143. The van der Waals surface area contributed by atoms with Crippen LogP contribution in [0.5, 0.6) is 5.75 Å². The van der Waals surface area contributed by atoms with Gasteiger partial charge in [-0.15, -0.1) is 0 Å². The number of halogens is 1. The number of phenolic OH excluding ortho intramolecular Hbond substituents is 1. The van der Waals surface area contributed by atoms with Gasteiger partial charge < -0.3 is 15.2 Å². The predicted molar refractivity (Wildman–Crippen MR) is 66.3 cm³/mol. The Morgan fingerprint density at radius 2 is 2.16 bits per heavy atom. The molecule has 1 rings (SSSR count). The molecule has 0 radical (unpaired) electrons. The molecule has 0 bridgehead atoms. The molecule has 0 fully saturated rings. The van der Waals surface area contributed by atoms with Crippen molar-refractivity contribution in [3.05, 3.63) is 29.6 Å². The molecular weight excluding hydrogens is 253 g/mol. The second-order valence-electron chi connectivity index (χ2n) is 3.83. The molecule has 0 spiro atoms. The minimum absolute atomic E-state index is 0.129. The zero-order valence-electron chi connectivity index (χ0n) is 10.6. The molecule has 0 atom stereocenters. The van der Waals surface area contributed by atoms with Crippen molar-refractivity contribution in [2.24, 2.45) is 0 Å². The molecule has 0 heterocycles. The van der Waals surface area contributed by atoms with Gasteiger partial charge in [-0.25, -0.2) is 4.39 Å². The monoisotopic (exact) mass is 269 g/mol. The average molecular weight is 269 g/mol. The number of esters is 1. The average Bonchev–Trinajstić information content (AvgIpc) is 2.37. The van der Waals surface area contributed by atoms with Crippen LogP contribution in [0.3, 0.4) is 0 Å². The summed E-state index contributed by atoms with van der Waals surface area (Å²) in [6.45, 7) is 2.28. The third kappa shape index (κ3) is 4.95. The first-order valence-corrected chi connectivity index (χ1v) is 5.97. The number of ether oxygens (including phenoxy) is 1. The molecule has 0 aromatic heterocycles. The summed E-state index contributed by atoms with van der Waals surface area (Å²) in [7, 11) is 0. The first-order chi connectivity index (χ1) is 9.04. The van der Waals surface area contributed by atoms with Crippen molar-refractivity contribution in [3.63, 3.8) is 0 Å². The third-order valence-corrected chi connectivity index (χ3v) is 2.35. The molecule has 1 aromatic carbocycles. The maximum Gasteiger partial charge on any atom is 0.305 e. The van der Waals surface area contributed by atoms with Crippen molar-refractivity contribution < 1.29 is 23.8 Å². The van der Waals surface area contributed by atoms with E-state index in [0.717, 1.165) is 18.2 Å². The van der Waals surface area contributed by atoms with Crippen LogP contribution in [0.15, 0.2) is 18.2 Å². The minimum atomic E-state index is -0.602. The van der Waals surface area contributed by atoms with Gasteiger partial charge >= 0.3 is 5.97 Å². The molecule has 0 unspecified atom stereocenters. The number of amides is 1. The summed E-state index contributed by atoms with van der Waals surface area (Å²) in [5, 5.41) is 11.9. The number of nitrogens with one attached hydrogen (secondary N) is 1. The maximum atomic E-state index is 12.9. The first-order valence-electron chi connectivity index (χ1n) is 5.97. The van der Waals surface area contributed by atoms with E-state index in [0.29, 0.717) is 13.0 Å². The molecular formula is C13H16FNO4. The van der Waals surface area contributed by atoms with Crippen LogP contribution in [0.2, 0.25) is 0 Å². The van der Waals surface area contributed by atoms with Crippen molar-refractivity contribution in [3.8, 4) is 5.75 Å². The SMILES string of the molecule is CCOC(=O)CCCNC(=O)c1cc(F)ccc1O. The van der Waals surface area contributed by atoms with Crippen LogP contribution >= 0.6 is 0 Å². The summed E-state index contributed by atoms with van der Waals surface area (Å²) >= 11 is 0. The van der Waals surface area contributed by atoms with Gasteiger partial charge in [-0.1, -0.05) is 0 Å². The lowest BCUT2D eigenvalue weighted by Crippen LogP contribution is -2.25. The molecule has 0 aliphatic rings. The fourth-order valence-corrected chi connectivity index (χ4v) is 1.45. The standard InChI is InChI=1S/C13H16FNO4/c1-2-19-12(17)4-3-7-15-13(18)10-8-9(14)5-6-11(10)16/h5-6,8,16H,2-4,7H2,1H3,(H,15,18). The van der Waals surface area contributed by atoms with E-state index >= 15 is 0 Å². The number of rotatable bonds is 6. The van der Waals surface area contributed by atoms with Crippen LogP contribution in [-0.2, 0) is 9.53 Å². The van der Waals surface area contributed by atoms with E-state index in [1.807, 2.05) is 0 Å². The number of hydrogen-bond donors (Lipinski definition) is 2. The number of carbonyl (C=O) groups excluding carboxylic acids is 2. The van der Waals surface area contributed by atoms with E-state index in [-0.39, 0.29) is 30.2 Å². The Balaban J connectivity index is 2.39. The van der Waals surface area contributed by atoms with Crippen molar-refractivity contribution in [2.75, 3.05) is 13.2 Å². The van der Waals surface area contributed by atoms with Crippen LogP contribution in [0.4, 0.5) is 4.39 Å². The number of carbonyl (C=O) groups is 2. The van der Waals surface area contributed by atoms with Crippen LogP contribution < -0.4 is 5.32 Å². The zero-order chi connectivity index (χ0) is 14.3. The number of benzene rings is 1. The fourth-order valence-electron chi connectivity index (χ4n) is 1.45. The van der Waals surface area contributed by atoms with Gasteiger partial charge in [-0.3, -0.25) is 9.59 Å². The van der Waals surface area contributed by atoms with E-state index in [2.05, 4.69) is 5.32 Å². The second kappa shape index (κ2) is 7.35. The molecule has 0 aliphatic carbocycles. The molecule has 104 valence electrons. The van der Waals surface area contributed by atoms with Crippen molar-refractivity contribution >= 4 is 11.9 Å². The second-order valence-corrected chi connectivity index (χ2v) is 3.83. The van der Waals surface area contributed by atoms with Crippen LogP contribution in [0.25, 0.3) is 0 Å². The molecule has 6 heteroatoms. The lowest BCUT2D eigenvalue weighted by Gasteiger charge is -2.06. The summed E-state index contributed by atoms with van der Waals surface area (Å²) in [5.41, 5.74) is -0.129. The Labute approximate surface area is 110 Å². The van der Waals surface area contributed by atoms with Gasteiger partial charge in [0, 0.05) is 13.0 Å². The normalized spacial score (nSPS) is 10.0. The van der Waals surface area contributed by atoms with E-state index < -0.39 is 11.7 Å². The van der Waals surface area contributed by atoms with Crippen LogP contribution in [0, 0.1) is 5.82 Å². The molecule has 0 saturated carbocycles. The Morgan fingerprint density at radius 1 is 1.42 bits per heavy atom. The van der Waals surface area contributed by atoms with Crippen molar-refractivity contribution in [1.29, 1.82) is 0 Å². The highest BCUT2D eigenvalue weighted by Gasteiger charge is 2.11. The largest absolute Gasteiger partial charge is 0.507 e. The summed E-state index contributed by atoms with van der Waals surface area (Å²) in [5.74, 6) is -1.80. The molecule has 5 nitrogen and oxygen atoms in total. The highest BCUT2D eigenvalue weighted by atomic mass is 19.1. The highest BCUT2D eigenvalue weighted by molar-refractivity contribution is 5.96. The van der Waals surface area contributed by atoms with Gasteiger partial charge in [-0.05, 0) is 31.5 Å². The van der Waals surface area contributed by atoms with E-state index in [4.69, 9.17) is 4.74 Å². The summed E-state index contributed by atoms with van der Waals surface area (Å²) in [4.78, 5) is 22.7. The molecule has 19 heavy (non-hydrogen) atoms. The Hall–Kier alpha value is -2.11. The third-order valence-electron chi connectivity index (χ3n) is 2.35.